The van der Waals surface area contributed by atoms with Crippen LogP contribution in [0.4, 0.5) is 5.69 Å². The van der Waals surface area contributed by atoms with Crippen molar-refractivity contribution in [3.05, 3.63) is 93.5 Å². The smallest absolute Gasteiger partial charge is 0.264 e. The Morgan fingerprint density at radius 1 is 0.905 bits per heavy atom. The summed E-state index contributed by atoms with van der Waals surface area (Å²) in [6.07, 6.45) is 5.00. The first-order valence-corrected chi connectivity index (χ1v) is 16.4. The molecule has 0 aromatic heterocycles. The molecule has 7 nitrogen and oxygen atoms in total. The number of benzene rings is 3. The van der Waals surface area contributed by atoms with Crippen molar-refractivity contribution in [3.8, 4) is 0 Å². The molecule has 10 heteroatoms. The highest BCUT2D eigenvalue weighted by Gasteiger charge is 2.34. The van der Waals surface area contributed by atoms with E-state index in [9.17, 15) is 18.0 Å². The average Bonchev–Trinajstić information content (AvgIpc) is 2.95. The SMILES string of the molecule is Cc1cc(C)cc(N(CC(=O)N(Cc2c(Cl)cccc2Cl)[C@@H](C)C(=O)NC2CCCCC2)S(=O)(=O)c2ccccc2)c1. The highest BCUT2D eigenvalue weighted by atomic mass is 35.5. The van der Waals surface area contributed by atoms with E-state index in [1.807, 2.05) is 19.9 Å². The van der Waals surface area contributed by atoms with Crippen LogP contribution in [-0.4, -0.2) is 43.8 Å². The number of carbonyl (C=O) groups excluding carboxylic acids is 2. The molecule has 0 bridgehead atoms. The van der Waals surface area contributed by atoms with Gasteiger partial charge in [-0.25, -0.2) is 8.42 Å². The predicted molar refractivity (Wildman–Crippen MR) is 168 cm³/mol. The Labute approximate surface area is 258 Å². The fraction of sp³-hybridized carbons (Fsp3) is 0.375. The van der Waals surface area contributed by atoms with Crippen LogP contribution in [0.25, 0.3) is 0 Å². The lowest BCUT2D eigenvalue weighted by Gasteiger charge is -2.33. The zero-order valence-corrected chi connectivity index (χ0v) is 26.5. The van der Waals surface area contributed by atoms with Crippen LogP contribution < -0.4 is 9.62 Å². The molecule has 224 valence electrons. The van der Waals surface area contributed by atoms with Crippen molar-refractivity contribution in [2.24, 2.45) is 0 Å². The molecule has 1 aliphatic rings. The molecule has 0 radical (unpaired) electrons. The highest BCUT2D eigenvalue weighted by Crippen LogP contribution is 2.29. The van der Waals surface area contributed by atoms with E-state index in [1.54, 1.807) is 55.5 Å². The maximum absolute atomic E-state index is 14.2. The summed E-state index contributed by atoms with van der Waals surface area (Å²) in [4.78, 5) is 29.1. The third kappa shape index (κ3) is 7.65. The van der Waals surface area contributed by atoms with Crippen molar-refractivity contribution < 1.29 is 18.0 Å². The highest BCUT2D eigenvalue weighted by molar-refractivity contribution is 7.92. The number of sulfonamides is 1. The first kappa shape index (κ1) is 31.9. The molecule has 1 saturated carbocycles. The van der Waals surface area contributed by atoms with Gasteiger partial charge in [0.15, 0.2) is 0 Å². The van der Waals surface area contributed by atoms with Gasteiger partial charge in [0, 0.05) is 28.2 Å². The summed E-state index contributed by atoms with van der Waals surface area (Å²) in [5.74, 6) is -0.863. The minimum absolute atomic E-state index is 0.0415. The van der Waals surface area contributed by atoms with Crippen LogP contribution in [0.1, 0.15) is 55.7 Å². The molecular weight excluding hydrogens is 593 g/mol. The summed E-state index contributed by atoms with van der Waals surface area (Å²) in [7, 11) is -4.14. The summed E-state index contributed by atoms with van der Waals surface area (Å²) in [6.45, 7) is 4.80. The molecule has 1 N–H and O–H groups in total. The number of hydrogen-bond acceptors (Lipinski definition) is 4. The largest absolute Gasteiger partial charge is 0.352 e. The topological polar surface area (TPSA) is 86.8 Å². The van der Waals surface area contributed by atoms with Crippen molar-refractivity contribution in [2.75, 3.05) is 10.8 Å². The number of carbonyl (C=O) groups is 2. The lowest BCUT2D eigenvalue weighted by atomic mass is 9.95. The lowest BCUT2D eigenvalue weighted by Crippen LogP contribution is -2.53. The van der Waals surface area contributed by atoms with E-state index in [0.29, 0.717) is 21.3 Å². The van der Waals surface area contributed by atoms with Gasteiger partial charge < -0.3 is 10.2 Å². The summed E-state index contributed by atoms with van der Waals surface area (Å²) in [5, 5.41) is 3.79. The standard InChI is InChI=1S/C32H37Cl2N3O4S/c1-22-17-23(2)19-26(18-22)37(42(40,41)27-13-8-5-9-14-27)21-31(38)36(20-28-29(33)15-10-16-30(28)34)24(3)32(39)35-25-11-6-4-7-12-25/h5,8-10,13-19,24-25H,4,6-7,11-12,20-21H2,1-3H3,(H,35,39)/t24-/m0/s1. The van der Waals surface area contributed by atoms with Gasteiger partial charge in [-0.15, -0.1) is 0 Å². The fourth-order valence-electron chi connectivity index (χ4n) is 5.35. The monoisotopic (exact) mass is 629 g/mol. The summed E-state index contributed by atoms with van der Waals surface area (Å²) in [5.41, 5.74) is 2.55. The van der Waals surface area contributed by atoms with E-state index in [4.69, 9.17) is 23.2 Å². The quantitative estimate of drug-likeness (QED) is 0.271. The van der Waals surface area contributed by atoms with Crippen LogP contribution in [0.15, 0.2) is 71.6 Å². The van der Waals surface area contributed by atoms with Crippen molar-refractivity contribution in [2.45, 2.75) is 76.4 Å². The van der Waals surface area contributed by atoms with Crippen molar-refractivity contribution in [3.63, 3.8) is 0 Å². The number of nitrogens with one attached hydrogen (secondary N) is 1. The minimum Gasteiger partial charge on any atom is -0.352 e. The van der Waals surface area contributed by atoms with E-state index >= 15 is 0 Å². The number of aryl methyl sites for hydroxylation is 2. The van der Waals surface area contributed by atoms with E-state index in [2.05, 4.69) is 5.32 Å². The number of amides is 2. The molecule has 0 unspecified atom stereocenters. The van der Waals surface area contributed by atoms with Gasteiger partial charge in [0.25, 0.3) is 10.0 Å². The third-order valence-corrected chi connectivity index (χ3v) is 10.1. The van der Waals surface area contributed by atoms with Crippen LogP contribution >= 0.6 is 23.2 Å². The number of rotatable bonds is 10. The number of hydrogen-bond donors (Lipinski definition) is 1. The Bertz CT molecular complexity index is 1490. The fourth-order valence-corrected chi connectivity index (χ4v) is 7.28. The van der Waals surface area contributed by atoms with Gasteiger partial charge in [-0.2, -0.15) is 0 Å². The number of anilines is 1. The Morgan fingerprint density at radius 2 is 1.50 bits per heavy atom. The predicted octanol–water partition coefficient (Wildman–Crippen LogP) is 6.67. The molecule has 0 aliphatic heterocycles. The molecule has 1 fully saturated rings. The molecule has 0 spiro atoms. The Balaban J connectivity index is 1.72. The molecule has 0 saturated heterocycles. The maximum atomic E-state index is 14.2. The van der Waals surface area contributed by atoms with E-state index in [-0.39, 0.29) is 23.4 Å². The van der Waals surface area contributed by atoms with Gasteiger partial charge in [0.2, 0.25) is 11.8 Å². The average molecular weight is 631 g/mol. The Kier molecular flexibility index (Phi) is 10.6. The van der Waals surface area contributed by atoms with Crippen molar-refractivity contribution >= 4 is 50.7 Å². The molecule has 3 aromatic rings. The second-order valence-electron chi connectivity index (χ2n) is 10.9. The lowest BCUT2D eigenvalue weighted by molar-refractivity contribution is -0.139. The van der Waals surface area contributed by atoms with Gasteiger partial charge in [0.1, 0.15) is 12.6 Å². The first-order chi connectivity index (χ1) is 20.0. The Hall–Kier alpha value is -3.07. The molecule has 2 amide bonds. The summed E-state index contributed by atoms with van der Waals surface area (Å²) < 4.78 is 29.1. The van der Waals surface area contributed by atoms with Crippen molar-refractivity contribution in [1.29, 1.82) is 0 Å². The molecule has 3 aromatic carbocycles. The van der Waals surface area contributed by atoms with Crippen molar-refractivity contribution in [1.82, 2.24) is 10.2 Å². The number of nitrogens with zero attached hydrogens (tertiary/aromatic N) is 2. The second kappa shape index (κ2) is 13.9. The van der Waals surface area contributed by atoms with Crippen LogP contribution in [0.2, 0.25) is 10.0 Å². The molecule has 0 heterocycles. The van der Waals surface area contributed by atoms with E-state index in [1.165, 1.54) is 17.0 Å². The normalized spacial score (nSPS) is 14.7. The van der Waals surface area contributed by atoms with Gasteiger partial charge in [-0.05, 0) is 81.1 Å². The van der Waals surface area contributed by atoms with Gasteiger partial charge in [-0.1, -0.05) is 72.8 Å². The third-order valence-electron chi connectivity index (χ3n) is 7.61. The second-order valence-corrected chi connectivity index (χ2v) is 13.6. The molecule has 4 rings (SSSR count). The molecule has 1 atom stereocenters. The van der Waals surface area contributed by atoms with E-state index in [0.717, 1.165) is 47.5 Å². The van der Waals surface area contributed by atoms with E-state index < -0.39 is 28.5 Å². The van der Waals surface area contributed by atoms with Crippen LogP contribution in [-0.2, 0) is 26.2 Å². The van der Waals surface area contributed by atoms with Crippen LogP contribution in [0, 0.1) is 13.8 Å². The maximum Gasteiger partial charge on any atom is 0.264 e. The van der Waals surface area contributed by atoms with Gasteiger partial charge in [-0.3, -0.25) is 13.9 Å². The number of halogens is 2. The summed E-state index contributed by atoms with van der Waals surface area (Å²) in [6, 6.07) is 17.6. The molecule has 42 heavy (non-hydrogen) atoms. The van der Waals surface area contributed by atoms with Crippen LogP contribution in [0.3, 0.4) is 0 Å². The molecular formula is C32H37Cl2N3O4S. The van der Waals surface area contributed by atoms with Gasteiger partial charge >= 0.3 is 0 Å². The zero-order valence-electron chi connectivity index (χ0n) is 24.1. The zero-order chi connectivity index (χ0) is 30.4. The minimum atomic E-state index is -4.14. The molecule has 1 aliphatic carbocycles. The Morgan fingerprint density at radius 3 is 2.10 bits per heavy atom. The first-order valence-electron chi connectivity index (χ1n) is 14.2. The summed E-state index contributed by atoms with van der Waals surface area (Å²) >= 11 is 13.0. The van der Waals surface area contributed by atoms with Crippen LogP contribution in [0.5, 0.6) is 0 Å². The van der Waals surface area contributed by atoms with Gasteiger partial charge in [0.05, 0.1) is 10.6 Å².